The van der Waals surface area contributed by atoms with Crippen LogP contribution in [0, 0.1) is 6.92 Å². The van der Waals surface area contributed by atoms with Crippen LogP contribution in [0.2, 0.25) is 0 Å². The molecule has 0 aliphatic carbocycles. The van der Waals surface area contributed by atoms with Crippen LogP contribution in [0.3, 0.4) is 0 Å². The predicted molar refractivity (Wildman–Crippen MR) is 95.5 cm³/mol. The van der Waals surface area contributed by atoms with Gasteiger partial charge in [-0.2, -0.15) is 5.10 Å². The first-order valence-corrected chi connectivity index (χ1v) is 7.82. The molecule has 5 nitrogen and oxygen atoms in total. The first-order valence-electron chi connectivity index (χ1n) is 7.82. The topological polar surface area (TPSA) is 66.6 Å². The van der Waals surface area contributed by atoms with Gasteiger partial charge in [0.05, 0.1) is 6.21 Å². The molecular formula is C19H19N3O2. The highest BCUT2D eigenvalue weighted by molar-refractivity contribution is 6.02. The molecule has 3 rings (SSSR count). The van der Waals surface area contributed by atoms with Gasteiger partial charge in [-0.05, 0) is 44.2 Å². The second-order valence-electron chi connectivity index (χ2n) is 5.51. The summed E-state index contributed by atoms with van der Waals surface area (Å²) < 4.78 is 2.22. The third kappa shape index (κ3) is 2.88. The summed E-state index contributed by atoms with van der Waals surface area (Å²) in [6.45, 7) is 5.03. The molecule has 0 spiro atoms. The number of phenolic OH excluding ortho intramolecular Hbond substituents is 1. The van der Waals surface area contributed by atoms with Crippen molar-refractivity contribution in [3.8, 4) is 5.75 Å². The number of para-hydroxylation sites is 1. The van der Waals surface area contributed by atoms with Gasteiger partial charge in [0, 0.05) is 34.3 Å². The molecule has 1 amide bonds. The number of carbonyl (C=O) groups is 1. The van der Waals surface area contributed by atoms with Crippen molar-refractivity contribution in [3.63, 3.8) is 0 Å². The van der Waals surface area contributed by atoms with Crippen LogP contribution in [0.4, 0.5) is 0 Å². The van der Waals surface area contributed by atoms with E-state index in [0.29, 0.717) is 5.56 Å². The summed E-state index contributed by atoms with van der Waals surface area (Å²) in [5.74, 6) is -0.193. The summed E-state index contributed by atoms with van der Waals surface area (Å²) in [4.78, 5) is 12.0. The van der Waals surface area contributed by atoms with E-state index in [2.05, 4.69) is 34.2 Å². The molecule has 0 bridgehead atoms. The van der Waals surface area contributed by atoms with Crippen LogP contribution in [-0.2, 0) is 6.54 Å². The molecule has 24 heavy (non-hydrogen) atoms. The number of aromatic hydroxyl groups is 1. The van der Waals surface area contributed by atoms with E-state index in [1.54, 1.807) is 18.3 Å². The Morgan fingerprint density at radius 1 is 1.21 bits per heavy atom. The lowest BCUT2D eigenvalue weighted by molar-refractivity contribution is 0.0955. The van der Waals surface area contributed by atoms with Gasteiger partial charge in [-0.3, -0.25) is 4.79 Å². The van der Waals surface area contributed by atoms with Crippen molar-refractivity contribution in [2.24, 2.45) is 5.10 Å². The van der Waals surface area contributed by atoms with E-state index < -0.39 is 0 Å². The maximum absolute atomic E-state index is 12.0. The van der Waals surface area contributed by atoms with E-state index in [4.69, 9.17) is 0 Å². The second kappa shape index (κ2) is 6.58. The van der Waals surface area contributed by atoms with Crippen molar-refractivity contribution < 1.29 is 9.90 Å². The maximum Gasteiger partial charge on any atom is 0.271 e. The number of rotatable bonds is 4. The number of amides is 1. The summed E-state index contributed by atoms with van der Waals surface area (Å²) in [5.41, 5.74) is 6.24. The molecule has 0 unspecified atom stereocenters. The first kappa shape index (κ1) is 15.8. The minimum atomic E-state index is -0.317. The molecule has 0 atom stereocenters. The maximum atomic E-state index is 12.0. The molecule has 2 N–H and O–H groups in total. The van der Waals surface area contributed by atoms with Crippen LogP contribution in [-0.4, -0.2) is 21.8 Å². The van der Waals surface area contributed by atoms with Crippen LogP contribution >= 0.6 is 0 Å². The zero-order valence-corrected chi connectivity index (χ0v) is 13.7. The van der Waals surface area contributed by atoms with Crippen LogP contribution in [0.1, 0.15) is 28.5 Å². The Bertz CT molecular complexity index is 908. The van der Waals surface area contributed by atoms with Crippen molar-refractivity contribution in [2.75, 3.05) is 0 Å². The number of benzene rings is 2. The van der Waals surface area contributed by atoms with E-state index in [-0.39, 0.29) is 11.7 Å². The van der Waals surface area contributed by atoms with E-state index >= 15 is 0 Å². The van der Waals surface area contributed by atoms with Crippen LogP contribution < -0.4 is 5.43 Å². The number of hydrazone groups is 1. The third-order valence-electron chi connectivity index (χ3n) is 4.09. The zero-order chi connectivity index (χ0) is 17.1. The Morgan fingerprint density at radius 3 is 2.62 bits per heavy atom. The third-order valence-corrected chi connectivity index (χ3v) is 4.09. The Hall–Kier alpha value is -3.08. The highest BCUT2D eigenvalue weighted by atomic mass is 16.3. The lowest BCUT2D eigenvalue weighted by Gasteiger charge is -2.03. The van der Waals surface area contributed by atoms with Gasteiger partial charge >= 0.3 is 0 Å². The summed E-state index contributed by atoms with van der Waals surface area (Å²) in [5, 5.41) is 14.5. The molecule has 1 heterocycles. The molecule has 0 fully saturated rings. The van der Waals surface area contributed by atoms with Crippen LogP contribution in [0.25, 0.3) is 10.9 Å². The number of nitrogens with zero attached hydrogens (tertiary/aromatic N) is 2. The smallest absolute Gasteiger partial charge is 0.271 e. The van der Waals surface area contributed by atoms with E-state index in [1.807, 2.05) is 19.1 Å². The van der Waals surface area contributed by atoms with Gasteiger partial charge in [0.25, 0.3) is 5.91 Å². The fourth-order valence-electron chi connectivity index (χ4n) is 2.86. The van der Waals surface area contributed by atoms with Gasteiger partial charge in [0.1, 0.15) is 5.75 Å². The molecule has 0 radical (unpaired) electrons. The minimum Gasteiger partial charge on any atom is -0.508 e. The number of hydrogen-bond acceptors (Lipinski definition) is 3. The summed E-state index contributed by atoms with van der Waals surface area (Å²) >= 11 is 0. The quantitative estimate of drug-likeness (QED) is 0.571. The fraction of sp³-hybridized carbons (Fsp3) is 0.158. The summed E-state index contributed by atoms with van der Waals surface area (Å²) in [7, 11) is 0. The fourth-order valence-corrected chi connectivity index (χ4v) is 2.86. The SMILES string of the molecule is CCn1c(C)c(/C=N\NC(=O)c2ccc(O)cc2)c2ccccc21. The van der Waals surface area contributed by atoms with Crippen LogP contribution in [0.5, 0.6) is 5.75 Å². The van der Waals surface area contributed by atoms with Gasteiger partial charge in [0.15, 0.2) is 0 Å². The number of aromatic nitrogens is 1. The van der Waals surface area contributed by atoms with Gasteiger partial charge in [-0.25, -0.2) is 5.43 Å². The highest BCUT2D eigenvalue weighted by Gasteiger charge is 2.11. The monoisotopic (exact) mass is 321 g/mol. The predicted octanol–water partition coefficient (Wildman–Crippen LogP) is 3.44. The first-order chi connectivity index (χ1) is 11.6. The van der Waals surface area contributed by atoms with E-state index in [9.17, 15) is 9.90 Å². The largest absolute Gasteiger partial charge is 0.508 e. The number of aryl methyl sites for hydroxylation is 1. The van der Waals surface area contributed by atoms with Gasteiger partial charge in [-0.1, -0.05) is 18.2 Å². The standard InChI is InChI=1S/C19H19N3O2/c1-3-22-13(2)17(16-6-4-5-7-18(16)22)12-20-21-19(24)14-8-10-15(23)11-9-14/h4-12,23H,3H2,1-2H3,(H,21,24)/b20-12-. The Morgan fingerprint density at radius 2 is 1.92 bits per heavy atom. The zero-order valence-electron chi connectivity index (χ0n) is 13.7. The number of phenols is 1. The molecule has 1 aromatic heterocycles. The molecule has 0 aliphatic heterocycles. The number of nitrogens with one attached hydrogen (secondary N) is 1. The number of hydrogen-bond donors (Lipinski definition) is 2. The Labute approximate surface area is 140 Å². The number of fused-ring (bicyclic) bond motifs is 1. The molecule has 0 aliphatic rings. The van der Waals surface area contributed by atoms with Gasteiger partial charge in [0.2, 0.25) is 0 Å². The van der Waals surface area contributed by atoms with Crippen molar-refractivity contribution in [3.05, 3.63) is 65.4 Å². The van der Waals surface area contributed by atoms with Crippen molar-refractivity contribution in [1.29, 1.82) is 0 Å². The average Bonchev–Trinajstić information content (AvgIpc) is 2.87. The summed E-state index contributed by atoms with van der Waals surface area (Å²) in [6, 6.07) is 14.2. The molecule has 3 aromatic rings. The molecule has 2 aromatic carbocycles. The average molecular weight is 321 g/mol. The number of carbonyl (C=O) groups excluding carboxylic acids is 1. The van der Waals surface area contributed by atoms with Crippen LogP contribution in [0.15, 0.2) is 53.6 Å². The Kier molecular flexibility index (Phi) is 4.33. The van der Waals surface area contributed by atoms with E-state index in [0.717, 1.165) is 28.7 Å². The molecular weight excluding hydrogens is 302 g/mol. The van der Waals surface area contributed by atoms with Crippen molar-refractivity contribution in [2.45, 2.75) is 20.4 Å². The summed E-state index contributed by atoms with van der Waals surface area (Å²) in [6.07, 6.45) is 1.68. The lowest BCUT2D eigenvalue weighted by Crippen LogP contribution is -2.17. The molecule has 0 saturated heterocycles. The molecule has 122 valence electrons. The molecule has 0 saturated carbocycles. The minimum absolute atomic E-state index is 0.123. The van der Waals surface area contributed by atoms with Gasteiger partial charge in [-0.15, -0.1) is 0 Å². The van der Waals surface area contributed by atoms with Crippen molar-refractivity contribution >= 4 is 23.0 Å². The Balaban J connectivity index is 1.84. The van der Waals surface area contributed by atoms with Gasteiger partial charge < -0.3 is 9.67 Å². The van der Waals surface area contributed by atoms with E-state index in [1.165, 1.54) is 12.1 Å². The normalized spacial score (nSPS) is 11.2. The second-order valence-corrected chi connectivity index (χ2v) is 5.51. The molecule has 5 heteroatoms. The lowest BCUT2D eigenvalue weighted by atomic mass is 10.1. The highest BCUT2D eigenvalue weighted by Crippen LogP contribution is 2.24. The van der Waals surface area contributed by atoms with Crippen molar-refractivity contribution in [1.82, 2.24) is 9.99 Å².